The van der Waals surface area contributed by atoms with Gasteiger partial charge < -0.3 is 4.79 Å². The van der Waals surface area contributed by atoms with E-state index in [2.05, 4.69) is 19.9 Å². The van der Waals surface area contributed by atoms with Gasteiger partial charge in [0.25, 0.3) is 0 Å². The molecule has 0 aromatic carbocycles. The number of rotatable bonds is 4. The lowest BCUT2D eigenvalue weighted by Crippen LogP contribution is -2.17. The van der Waals surface area contributed by atoms with Crippen LogP contribution in [-0.4, -0.2) is 6.29 Å². The minimum absolute atomic E-state index is 0.0476. The fraction of sp³-hybridized carbons (Fsp3) is 0.750. The SMILES string of the molecule is CC(C)=CCCC1(C=O)CCCC1. The summed E-state index contributed by atoms with van der Waals surface area (Å²) in [7, 11) is 0. The highest BCUT2D eigenvalue weighted by Crippen LogP contribution is 2.40. The molecule has 1 aliphatic carbocycles. The van der Waals surface area contributed by atoms with Gasteiger partial charge in [-0.2, -0.15) is 0 Å². The van der Waals surface area contributed by atoms with Gasteiger partial charge in [-0.15, -0.1) is 0 Å². The van der Waals surface area contributed by atoms with Crippen LogP contribution in [0.25, 0.3) is 0 Å². The van der Waals surface area contributed by atoms with E-state index in [0.29, 0.717) is 0 Å². The second kappa shape index (κ2) is 4.59. The summed E-state index contributed by atoms with van der Waals surface area (Å²) in [5.74, 6) is 0. The fourth-order valence-corrected chi connectivity index (χ4v) is 2.15. The van der Waals surface area contributed by atoms with Crippen LogP contribution >= 0.6 is 0 Å². The highest BCUT2D eigenvalue weighted by atomic mass is 16.1. The third-order valence-electron chi connectivity index (χ3n) is 3.04. The molecule has 1 heteroatoms. The molecule has 1 rings (SSSR count). The van der Waals surface area contributed by atoms with E-state index < -0.39 is 0 Å². The van der Waals surface area contributed by atoms with Crippen molar-refractivity contribution in [3.63, 3.8) is 0 Å². The first-order valence-corrected chi connectivity index (χ1v) is 5.28. The molecular weight excluding hydrogens is 160 g/mol. The van der Waals surface area contributed by atoms with E-state index in [4.69, 9.17) is 0 Å². The fourth-order valence-electron chi connectivity index (χ4n) is 2.15. The Hall–Kier alpha value is -0.590. The van der Waals surface area contributed by atoms with E-state index in [1.54, 1.807) is 0 Å². The van der Waals surface area contributed by atoms with Gasteiger partial charge >= 0.3 is 0 Å². The Morgan fingerprint density at radius 1 is 1.31 bits per heavy atom. The molecule has 0 saturated heterocycles. The minimum atomic E-state index is 0.0476. The predicted molar refractivity (Wildman–Crippen MR) is 55.6 cm³/mol. The Bertz CT molecular complexity index is 193. The van der Waals surface area contributed by atoms with Crippen LogP contribution in [0.3, 0.4) is 0 Å². The average molecular weight is 180 g/mol. The third kappa shape index (κ3) is 2.98. The van der Waals surface area contributed by atoms with E-state index in [1.165, 1.54) is 24.7 Å². The maximum atomic E-state index is 11.0. The van der Waals surface area contributed by atoms with Crippen molar-refractivity contribution in [1.29, 1.82) is 0 Å². The Morgan fingerprint density at radius 2 is 1.92 bits per heavy atom. The van der Waals surface area contributed by atoms with Crippen molar-refractivity contribution in [2.45, 2.75) is 52.4 Å². The van der Waals surface area contributed by atoms with Crippen LogP contribution in [0.1, 0.15) is 52.4 Å². The highest BCUT2D eigenvalue weighted by Gasteiger charge is 2.32. The van der Waals surface area contributed by atoms with Gasteiger partial charge in [0.2, 0.25) is 0 Å². The standard InChI is InChI=1S/C12H20O/c1-11(2)6-5-9-12(10-13)7-3-4-8-12/h6,10H,3-5,7-9H2,1-2H3. The summed E-state index contributed by atoms with van der Waals surface area (Å²) in [5, 5.41) is 0. The number of aldehydes is 1. The molecule has 13 heavy (non-hydrogen) atoms. The lowest BCUT2D eigenvalue weighted by atomic mass is 9.83. The van der Waals surface area contributed by atoms with Crippen LogP contribution in [0, 0.1) is 5.41 Å². The van der Waals surface area contributed by atoms with E-state index in [9.17, 15) is 4.79 Å². The average Bonchev–Trinajstić information content (AvgIpc) is 2.53. The monoisotopic (exact) mass is 180 g/mol. The van der Waals surface area contributed by atoms with Crippen molar-refractivity contribution in [1.82, 2.24) is 0 Å². The third-order valence-corrected chi connectivity index (χ3v) is 3.04. The smallest absolute Gasteiger partial charge is 0.126 e. The molecule has 0 aliphatic heterocycles. The zero-order valence-electron chi connectivity index (χ0n) is 8.81. The topological polar surface area (TPSA) is 17.1 Å². The van der Waals surface area contributed by atoms with E-state index >= 15 is 0 Å². The molecule has 1 nitrogen and oxygen atoms in total. The zero-order chi connectivity index (χ0) is 9.73. The lowest BCUT2D eigenvalue weighted by Gasteiger charge is -2.20. The van der Waals surface area contributed by atoms with E-state index in [-0.39, 0.29) is 5.41 Å². The molecule has 0 heterocycles. The summed E-state index contributed by atoms with van der Waals surface area (Å²) in [6.07, 6.45) is 10.3. The number of carbonyl (C=O) groups excluding carboxylic acids is 1. The summed E-state index contributed by atoms with van der Waals surface area (Å²) in [4.78, 5) is 11.0. The molecule has 0 aromatic rings. The molecular formula is C12H20O. The van der Waals surface area contributed by atoms with Crippen molar-refractivity contribution >= 4 is 6.29 Å². The molecule has 0 atom stereocenters. The summed E-state index contributed by atoms with van der Waals surface area (Å²) >= 11 is 0. The first-order chi connectivity index (χ1) is 6.18. The largest absolute Gasteiger partial charge is 0.303 e. The Labute approximate surface area is 81.2 Å². The molecule has 1 aliphatic rings. The molecule has 0 amide bonds. The van der Waals surface area contributed by atoms with Crippen LogP contribution in [0.2, 0.25) is 0 Å². The first-order valence-electron chi connectivity index (χ1n) is 5.28. The molecule has 1 saturated carbocycles. The number of allylic oxidation sites excluding steroid dienone is 2. The molecule has 0 radical (unpaired) electrons. The maximum absolute atomic E-state index is 11.0. The molecule has 0 aromatic heterocycles. The number of carbonyl (C=O) groups is 1. The number of hydrogen-bond acceptors (Lipinski definition) is 1. The molecule has 74 valence electrons. The van der Waals surface area contributed by atoms with Crippen LogP contribution in [0.5, 0.6) is 0 Å². The van der Waals surface area contributed by atoms with Crippen molar-refractivity contribution in [2.75, 3.05) is 0 Å². The van der Waals surface area contributed by atoms with Crippen molar-refractivity contribution in [3.8, 4) is 0 Å². The quantitative estimate of drug-likeness (QED) is 0.478. The highest BCUT2D eigenvalue weighted by molar-refractivity contribution is 5.59. The molecule has 0 unspecified atom stereocenters. The van der Waals surface area contributed by atoms with Gasteiger partial charge in [-0.05, 0) is 39.5 Å². The number of hydrogen-bond donors (Lipinski definition) is 0. The van der Waals surface area contributed by atoms with E-state index in [1.807, 2.05) is 0 Å². The van der Waals surface area contributed by atoms with Crippen LogP contribution in [0.4, 0.5) is 0 Å². The molecule has 0 bridgehead atoms. The lowest BCUT2D eigenvalue weighted by molar-refractivity contribution is -0.116. The maximum Gasteiger partial charge on any atom is 0.126 e. The second-order valence-corrected chi connectivity index (χ2v) is 4.51. The molecule has 1 fully saturated rings. The normalized spacial score (nSPS) is 19.8. The van der Waals surface area contributed by atoms with Gasteiger partial charge in [0, 0.05) is 5.41 Å². The Morgan fingerprint density at radius 3 is 2.38 bits per heavy atom. The van der Waals surface area contributed by atoms with Gasteiger partial charge in [0.05, 0.1) is 0 Å². The van der Waals surface area contributed by atoms with Gasteiger partial charge in [0.1, 0.15) is 6.29 Å². The molecule has 0 spiro atoms. The molecule has 0 N–H and O–H groups in total. The zero-order valence-corrected chi connectivity index (χ0v) is 8.81. The van der Waals surface area contributed by atoms with Gasteiger partial charge in [-0.1, -0.05) is 24.5 Å². The minimum Gasteiger partial charge on any atom is -0.303 e. The summed E-state index contributed by atoms with van der Waals surface area (Å²) in [6, 6.07) is 0. The van der Waals surface area contributed by atoms with E-state index in [0.717, 1.165) is 25.7 Å². The first kappa shape index (κ1) is 10.5. The van der Waals surface area contributed by atoms with Gasteiger partial charge in [-0.3, -0.25) is 0 Å². The van der Waals surface area contributed by atoms with Crippen LogP contribution < -0.4 is 0 Å². The Balaban J connectivity index is 2.40. The summed E-state index contributed by atoms with van der Waals surface area (Å²) < 4.78 is 0. The second-order valence-electron chi connectivity index (χ2n) is 4.51. The summed E-state index contributed by atoms with van der Waals surface area (Å²) in [5.41, 5.74) is 1.41. The van der Waals surface area contributed by atoms with Crippen LogP contribution in [-0.2, 0) is 4.79 Å². The van der Waals surface area contributed by atoms with Crippen molar-refractivity contribution in [2.24, 2.45) is 5.41 Å². The van der Waals surface area contributed by atoms with Gasteiger partial charge in [-0.25, -0.2) is 0 Å². The van der Waals surface area contributed by atoms with Crippen molar-refractivity contribution < 1.29 is 4.79 Å². The van der Waals surface area contributed by atoms with Crippen molar-refractivity contribution in [3.05, 3.63) is 11.6 Å². The van der Waals surface area contributed by atoms with Gasteiger partial charge in [0.15, 0.2) is 0 Å². The summed E-state index contributed by atoms with van der Waals surface area (Å²) in [6.45, 7) is 4.23. The predicted octanol–water partition coefficient (Wildman–Crippen LogP) is 3.49. The Kier molecular flexibility index (Phi) is 3.71. The van der Waals surface area contributed by atoms with Crippen LogP contribution in [0.15, 0.2) is 11.6 Å².